The van der Waals surface area contributed by atoms with Crippen molar-refractivity contribution >= 4 is 29.9 Å². The van der Waals surface area contributed by atoms with Crippen molar-refractivity contribution in [2.45, 2.75) is 44.3 Å². The highest BCUT2D eigenvalue weighted by Gasteiger charge is 2.40. The Labute approximate surface area is 192 Å². The number of aryl methyl sites for hydroxylation is 1. The molecular formula is C20H28F3IN6. The van der Waals surface area contributed by atoms with Crippen molar-refractivity contribution in [1.29, 1.82) is 0 Å². The second-order valence-electron chi connectivity index (χ2n) is 7.54. The van der Waals surface area contributed by atoms with Crippen LogP contribution in [-0.2, 0) is 25.2 Å². The van der Waals surface area contributed by atoms with Crippen LogP contribution in [0.3, 0.4) is 0 Å². The van der Waals surface area contributed by atoms with Gasteiger partial charge in [-0.3, -0.25) is 9.67 Å². The van der Waals surface area contributed by atoms with E-state index in [1.54, 1.807) is 10.7 Å². The standard InChI is InChI=1S/C20H27F3N6.HI/c1-4-24-18(28(2)12-17-26-14-27-29(17)3)25-13-19(9-6-10-19)15-7-5-8-16(11-15)20(21,22)23;/h5,7-8,11,14H,4,6,9-10,12-13H2,1-3H3,(H,24,25);1H. The van der Waals surface area contributed by atoms with Gasteiger partial charge in [0.15, 0.2) is 5.96 Å². The van der Waals surface area contributed by atoms with Crippen LogP contribution in [0.4, 0.5) is 13.2 Å². The lowest BCUT2D eigenvalue weighted by Gasteiger charge is -2.42. The zero-order chi connectivity index (χ0) is 21.1. The minimum Gasteiger partial charge on any atom is -0.357 e. The van der Waals surface area contributed by atoms with Crippen molar-refractivity contribution in [2.24, 2.45) is 12.0 Å². The predicted molar refractivity (Wildman–Crippen MR) is 121 cm³/mol. The Morgan fingerprint density at radius 2 is 2.07 bits per heavy atom. The van der Waals surface area contributed by atoms with E-state index in [-0.39, 0.29) is 29.4 Å². The smallest absolute Gasteiger partial charge is 0.357 e. The number of benzene rings is 1. The third-order valence-electron chi connectivity index (χ3n) is 5.52. The molecule has 1 N–H and O–H groups in total. The summed E-state index contributed by atoms with van der Waals surface area (Å²) in [5, 5.41) is 7.34. The van der Waals surface area contributed by atoms with Gasteiger partial charge in [-0.15, -0.1) is 24.0 Å². The second-order valence-corrected chi connectivity index (χ2v) is 7.54. The molecule has 166 valence electrons. The van der Waals surface area contributed by atoms with Crippen LogP contribution >= 0.6 is 24.0 Å². The van der Waals surface area contributed by atoms with Crippen LogP contribution in [0.15, 0.2) is 35.6 Å². The summed E-state index contributed by atoms with van der Waals surface area (Å²) in [6.45, 7) is 3.65. The SMILES string of the molecule is CCNC(=NCC1(c2cccc(C(F)(F)F)c2)CCC1)N(C)Cc1ncnn1C.I. The summed E-state index contributed by atoms with van der Waals surface area (Å²) in [5.74, 6) is 1.50. The van der Waals surface area contributed by atoms with Gasteiger partial charge in [0.2, 0.25) is 0 Å². The van der Waals surface area contributed by atoms with Crippen LogP contribution in [0.1, 0.15) is 43.1 Å². The predicted octanol–water partition coefficient (Wildman–Crippen LogP) is 3.97. The zero-order valence-electron chi connectivity index (χ0n) is 17.4. The van der Waals surface area contributed by atoms with Gasteiger partial charge in [0.1, 0.15) is 12.2 Å². The van der Waals surface area contributed by atoms with E-state index >= 15 is 0 Å². The quantitative estimate of drug-likeness (QED) is 0.345. The molecule has 1 fully saturated rings. The first-order valence-corrected chi connectivity index (χ1v) is 9.75. The topological polar surface area (TPSA) is 58.3 Å². The van der Waals surface area contributed by atoms with Gasteiger partial charge in [0.25, 0.3) is 0 Å². The molecule has 0 spiro atoms. The number of alkyl halides is 3. The van der Waals surface area contributed by atoms with Gasteiger partial charge in [-0.05, 0) is 31.4 Å². The van der Waals surface area contributed by atoms with Crippen LogP contribution in [0, 0.1) is 0 Å². The summed E-state index contributed by atoms with van der Waals surface area (Å²) in [7, 11) is 3.74. The first kappa shape index (κ1) is 24.4. The average Bonchev–Trinajstić information content (AvgIpc) is 3.04. The maximum absolute atomic E-state index is 13.2. The zero-order valence-corrected chi connectivity index (χ0v) is 19.7. The molecule has 1 heterocycles. The normalized spacial score (nSPS) is 15.9. The maximum Gasteiger partial charge on any atom is 0.416 e. The van der Waals surface area contributed by atoms with Gasteiger partial charge in [-0.2, -0.15) is 18.3 Å². The number of rotatable bonds is 6. The lowest BCUT2D eigenvalue weighted by Crippen LogP contribution is -2.42. The molecule has 3 rings (SSSR count). The molecular weight excluding hydrogens is 508 g/mol. The minimum atomic E-state index is -4.34. The lowest BCUT2D eigenvalue weighted by atomic mass is 9.64. The molecule has 0 radical (unpaired) electrons. The number of guanidine groups is 1. The molecule has 1 aromatic carbocycles. The van der Waals surface area contributed by atoms with Gasteiger partial charge in [0, 0.05) is 26.1 Å². The molecule has 10 heteroatoms. The van der Waals surface area contributed by atoms with Crippen LogP contribution in [0.25, 0.3) is 0 Å². The van der Waals surface area contributed by atoms with Crippen LogP contribution in [-0.4, -0.2) is 45.8 Å². The third-order valence-corrected chi connectivity index (χ3v) is 5.52. The van der Waals surface area contributed by atoms with Gasteiger partial charge in [-0.1, -0.05) is 24.6 Å². The Kier molecular flexibility index (Phi) is 8.12. The van der Waals surface area contributed by atoms with Crippen molar-refractivity contribution in [2.75, 3.05) is 20.1 Å². The summed E-state index contributed by atoms with van der Waals surface area (Å²) in [5.41, 5.74) is -0.223. The molecule has 0 saturated heterocycles. The van der Waals surface area contributed by atoms with Crippen LogP contribution in [0.5, 0.6) is 0 Å². The summed E-state index contributed by atoms with van der Waals surface area (Å²) in [6.07, 6.45) is -0.161. The van der Waals surface area contributed by atoms with Crippen molar-refractivity contribution in [3.8, 4) is 0 Å². The molecule has 0 amide bonds. The van der Waals surface area contributed by atoms with Crippen LogP contribution in [0.2, 0.25) is 0 Å². The summed E-state index contributed by atoms with van der Waals surface area (Å²) in [6, 6.07) is 5.69. The molecule has 1 aliphatic rings. The number of halogens is 4. The Morgan fingerprint density at radius 3 is 2.60 bits per heavy atom. The Hall–Kier alpha value is -1.85. The Morgan fingerprint density at radius 1 is 1.33 bits per heavy atom. The first-order chi connectivity index (χ1) is 13.7. The van der Waals surface area contributed by atoms with Gasteiger partial charge >= 0.3 is 6.18 Å². The van der Waals surface area contributed by atoms with Crippen molar-refractivity contribution < 1.29 is 13.2 Å². The molecule has 1 saturated carbocycles. The molecule has 30 heavy (non-hydrogen) atoms. The number of hydrogen-bond donors (Lipinski definition) is 1. The summed E-state index contributed by atoms with van der Waals surface area (Å²) >= 11 is 0. The molecule has 0 bridgehead atoms. The number of nitrogens with one attached hydrogen (secondary N) is 1. The van der Waals surface area contributed by atoms with Crippen LogP contribution < -0.4 is 5.32 Å². The monoisotopic (exact) mass is 536 g/mol. The van der Waals surface area contributed by atoms with E-state index in [1.807, 2.05) is 25.9 Å². The fourth-order valence-corrected chi connectivity index (χ4v) is 3.61. The fraction of sp³-hybridized carbons (Fsp3) is 0.550. The van der Waals surface area contributed by atoms with E-state index in [4.69, 9.17) is 4.99 Å². The first-order valence-electron chi connectivity index (χ1n) is 9.75. The molecule has 1 aromatic heterocycles. The minimum absolute atomic E-state index is 0. The Balaban J connectivity index is 0.00000320. The van der Waals surface area contributed by atoms with E-state index in [2.05, 4.69) is 15.4 Å². The highest BCUT2D eigenvalue weighted by Crippen LogP contribution is 2.45. The number of nitrogens with zero attached hydrogens (tertiary/aromatic N) is 5. The number of hydrogen-bond acceptors (Lipinski definition) is 3. The van der Waals surface area contributed by atoms with E-state index in [9.17, 15) is 13.2 Å². The maximum atomic E-state index is 13.2. The van der Waals surface area contributed by atoms with E-state index in [0.717, 1.165) is 31.2 Å². The molecule has 1 aliphatic carbocycles. The highest BCUT2D eigenvalue weighted by atomic mass is 127. The lowest BCUT2D eigenvalue weighted by molar-refractivity contribution is -0.137. The van der Waals surface area contributed by atoms with Gasteiger partial charge < -0.3 is 10.2 Å². The van der Waals surface area contributed by atoms with E-state index in [1.165, 1.54) is 18.5 Å². The largest absolute Gasteiger partial charge is 0.416 e. The van der Waals surface area contributed by atoms with E-state index in [0.29, 0.717) is 31.2 Å². The van der Waals surface area contributed by atoms with Crippen molar-refractivity contribution in [3.63, 3.8) is 0 Å². The van der Waals surface area contributed by atoms with Crippen molar-refractivity contribution in [1.82, 2.24) is 25.0 Å². The molecule has 0 aliphatic heterocycles. The summed E-state index contributed by atoms with van der Waals surface area (Å²) in [4.78, 5) is 11.0. The van der Waals surface area contributed by atoms with Gasteiger partial charge in [-0.25, -0.2) is 4.98 Å². The molecule has 0 atom stereocenters. The van der Waals surface area contributed by atoms with Gasteiger partial charge in [0.05, 0.1) is 18.7 Å². The molecule has 0 unspecified atom stereocenters. The Bertz CT molecular complexity index is 860. The average molecular weight is 536 g/mol. The molecule has 2 aromatic rings. The molecule has 6 nitrogen and oxygen atoms in total. The van der Waals surface area contributed by atoms with Crippen molar-refractivity contribution in [3.05, 3.63) is 47.5 Å². The summed E-state index contributed by atoms with van der Waals surface area (Å²) < 4.78 is 41.2. The third kappa shape index (κ3) is 5.44. The fourth-order valence-electron chi connectivity index (χ4n) is 3.61. The second kappa shape index (κ2) is 9.97. The number of aromatic nitrogens is 3. The number of aliphatic imine (C=N–C) groups is 1. The van der Waals surface area contributed by atoms with E-state index < -0.39 is 11.7 Å². The highest BCUT2D eigenvalue weighted by molar-refractivity contribution is 14.0.